The van der Waals surface area contributed by atoms with E-state index in [0.29, 0.717) is 0 Å². The third kappa shape index (κ3) is 4.78. The van der Waals surface area contributed by atoms with Gasteiger partial charge in [0.2, 0.25) is 5.69 Å². The van der Waals surface area contributed by atoms with Crippen LogP contribution < -0.4 is 14.3 Å². The highest BCUT2D eigenvalue weighted by atomic mass is 28.3. The predicted octanol–water partition coefficient (Wildman–Crippen LogP) is 13.4. The molecule has 0 N–H and O–H groups in total. The van der Waals surface area contributed by atoms with Crippen molar-refractivity contribution < 1.29 is 18.0 Å². The minimum Gasteiger partial charge on any atom is -0.455 e. The maximum atomic E-state index is 7.36. The first-order valence-corrected chi connectivity index (χ1v) is 26.1. The molecule has 4 aromatic heterocycles. The Labute approximate surface area is 373 Å². The molecule has 0 amide bonds. The Hall–Kier alpha value is -7.02. The number of fused-ring (bicyclic) bond motifs is 19. The average Bonchev–Trinajstić information content (AvgIpc) is 4.07. The van der Waals surface area contributed by atoms with E-state index in [1.807, 2.05) is 0 Å². The fourth-order valence-electron chi connectivity index (χ4n) is 11.4. The van der Waals surface area contributed by atoms with Gasteiger partial charge in [-0.3, -0.25) is 0 Å². The number of nitrogens with zero attached hydrogens (tertiary/aromatic N) is 3. The molecule has 1 spiro atoms. The molecule has 1 atom stereocenters. The van der Waals surface area contributed by atoms with Crippen LogP contribution >= 0.6 is 0 Å². The molecule has 0 saturated heterocycles. The van der Waals surface area contributed by atoms with Crippen LogP contribution in [0.25, 0.3) is 94.4 Å². The van der Waals surface area contributed by atoms with Gasteiger partial charge in [-0.2, -0.15) is 4.57 Å². The van der Waals surface area contributed by atoms with E-state index in [2.05, 4.69) is 220 Å². The van der Waals surface area contributed by atoms with Crippen molar-refractivity contribution in [3.8, 4) is 39.5 Å². The standard InChI is InChI=1S/C58H49N3O2Si/c1-34-24-26-36(27-25-34)42-32-44-53(55-52(42)41-17-10-14-23-50(41)63-55)56-60(47-21-15-18-39-38-16-9-13-22-49(38)62-54(39)47)45-19-11-12-20-46(45)61(56)58(44)43-31-37(57(3,4)5)28-29-40(43)48-30-35(2)51(33-59(48)58)64(6,7)8/h9-33H,1-8H3/q+2. The molecule has 64 heavy (non-hydrogen) atoms. The molecule has 0 saturated carbocycles. The van der Waals surface area contributed by atoms with Gasteiger partial charge in [-0.05, 0) is 90.0 Å². The minimum atomic E-state index is -1.86. The first kappa shape index (κ1) is 37.5. The highest BCUT2D eigenvalue weighted by molar-refractivity contribution is 6.89. The van der Waals surface area contributed by atoms with Crippen LogP contribution in [0.1, 0.15) is 48.6 Å². The van der Waals surface area contributed by atoms with Crippen LogP contribution in [-0.2, 0) is 11.1 Å². The van der Waals surface area contributed by atoms with Gasteiger partial charge in [0.15, 0.2) is 34.1 Å². The fourth-order valence-corrected chi connectivity index (χ4v) is 13.2. The van der Waals surface area contributed by atoms with Gasteiger partial charge in [0, 0.05) is 32.8 Å². The maximum absolute atomic E-state index is 7.36. The van der Waals surface area contributed by atoms with Crippen molar-refractivity contribution in [2.24, 2.45) is 0 Å². The summed E-state index contributed by atoms with van der Waals surface area (Å²) in [7, 11) is -1.86. The molecular weight excluding hydrogens is 799 g/mol. The molecule has 6 heterocycles. The number of furan rings is 2. The lowest BCUT2D eigenvalue weighted by Crippen LogP contribution is -2.72. The summed E-state index contributed by atoms with van der Waals surface area (Å²) >= 11 is 0. The maximum Gasteiger partial charge on any atom is 0.364 e. The molecule has 6 heteroatoms. The van der Waals surface area contributed by atoms with E-state index in [1.54, 1.807) is 0 Å². The third-order valence-corrected chi connectivity index (χ3v) is 16.5. The molecule has 0 bridgehead atoms. The molecule has 310 valence electrons. The predicted molar refractivity (Wildman–Crippen MR) is 264 cm³/mol. The van der Waals surface area contributed by atoms with E-state index in [0.717, 1.165) is 72.0 Å². The van der Waals surface area contributed by atoms with Crippen LogP contribution in [0, 0.1) is 13.8 Å². The molecule has 13 rings (SSSR count). The van der Waals surface area contributed by atoms with E-state index in [-0.39, 0.29) is 5.41 Å². The second-order valence-corrected chi connectivity index (χ2v) is 25.3. The number of hydrogen-bond donors (Lipinski definition) is 0. The van der Waals surface area contributed by atoms with E-state index < -0.39 is 13.7 Å². The molecule has 7 aromatic carbocycles. The Kier molecular flexibility index (Phi) is 7.37. The summed E-state index contributed by atoms with van der Waals surface area (Å²) in [5.74, 6) is 1.06. The third-order valence-electron chi connectivity index (χ3n) is 14.3. The monoisotopic (exact) mass is 847 g/mol. The Morgan fingerprint density at radius 3 is 2.08 bits per heavy atom. The minimum absolute atomic E-state index is 0.0926. The quantitative estimate of drug-likeness (QED) is 0.131. The van der Waals surface area contributed by atoms with Gasteiger partial charge in [0.05, 0.1) is 24.8 Å². The number of para-hydroxylation sites is 5. The summed E-state index contributed by atoms with van der Waals surface area (Å²) in [6, 6.07) is 53.9. The first-order chi connectivity index (χ1) is 30.8. The Morgan fingerprint density at radius 2 is 1.31 bits per heavy atom. The molecule has 5 nitrogen and oxygen atoms in total. The molecule has 2 aliphatic heterocycles. The first-order valence-electron chi connectivity index (χ1n) is 22.6. The highest BCUT2D eigenvalue weighted by Gasteiger charge is 2.67. The van der Waals surface area contributed by atoms with Crippen LogP contribution in [0.4, 0.5) is 0 Å². The number of aryl methyl sites for hydroxylation is 2. The van der Waals surface area contributed by atoms with Crippen molar-refractivity contribution in [3.05, 3.63) is 180 Å². The number of rotatable bonds is 3. The van der Waals surface area contributed by atoms with E-state index in [9.17, 15) is 0 Å². The summed E-state index contributed by atoms with van der Waals surface area (Å²) < 4.78 is 22.1. The molecule has 0 fully saturated rings. The van der Waals surface area contributed by atoms with E-state index in [4.69, 9.17) is 8.83 Å². The van der Waals surface area contributed by atoms with E-state index in [1.165, 1.54) is 55.4 Å². The van der Waals surface area contributed by atoms with Gasteiger partial charge >= 0.3 is 11.5 Å². The zero-order chi connectivity index (χ0) is 43.6. The van der Waals surface area contributed by atoms with Crippen molar-refractivity contribution >= 4 is 68.2 Å². The van der Waals surface area contributed by atoms with Gasteiger partial charge in [-0.15, -0.1) is 9.13 Å². The number of pyridine rings is 1. The van der Waals surface area contributed by atoms with Gasteiger partial charge < -0.3 is 8.83 Å². The summed E-state index contributed by atoms with van der Waals surface area (Å²) in [6.07, 6.45) is 2.54. The lowest BCUT2D eigenvalue weighted by atomic mass is 9.81. The normalized spacial score (nSPS) is 15.6. The largest absolute Gasteiger partial charge is 0.455 e. The second kappa shape index (κ2) is 12.6. The molecule has 1 unspecified atom stereocenters. The van der Waals surface area contributed by atoms with Crippen LogP contribution in [0.5, 0.6) is 0 Å². The lowest BCUT2D eigenvalue weighted by molar-refractivity contribution is -0.944. The zero-order valence-electron chi connectivity index (χ0n) is 37.6. The van der Waals surface area contributed by atoms with Crippen molar-refractivity contribution in [1.29, 1.82) is 0 Å². The van der Waals surface area contributed by atoms with Gasteiger partial charge in [0.1, 0.15) is 16.7 Å². The number of imidazole rings is 1. The van der Waals surface area contributed by atoms with Crippen molar-refractivity contribution in [1.82, 2.24) is 4.57 Å². The average molecular weight is 848 g/mol. The number of benzene rings is 7. The van der Waals surface area contributed by atoms with Gasteiger partial charge in [-0.1, -0.05) is 137 Å². The molecule has 11 aromatic rings. The Bertz CT molecular complexity index is 3830. The Balaban J connectivity index is 1.31. The molecule has 0 aliphatic carbocycles. The summed E-state index contributed by atoms with van der Waals surface area (Å²) in [4.78, 5) is 0. The van der Waals surface area contributed by atoms with Crippen LogP contribution in [0.2, 0.25) is 19.6 Å². The van der Waals surface area contributed by atoms with Gasteiger partial charge in [-0.25, -0.2) is 0 Å². The topological polar surface area (TPSA) is 39.0 Å². The van der Waals surface area contributed by atoms with E-state index >= 15 is 0 Å². The fraction of sp³-hybridized carbons (Fsp3) is 0.172. The molecule has 0 radical (unpaired) electrons. The summed E-state index contributed by atoms with van der Waals surface area (Å²) in [5, 5.41) is 5.89. The molecular formula is C58H49N3O2Si+2. The van der Waals surface area contributed by atoms with Crippen molar-refractivity contribution in [2.45, 2.75) is 65.3 Å². The zero-order valence-corrected chi connectivity index (χ0v) is 38.6. The Morgan fingerprint density at radius 1 is 0.625 bits per heavy atom. The SMILES string of the molecule is Cc1ccc(-c2cc3c(c4oc5ccccc5c24)-c2n(-c4cccc5c4oc4ccccc45)c4ccccc4[n+]2C32c3cc(C(C)(C)C)ccc3-c3cc(C)c([Si](C)(C)C)c[n+]32)cc1. The summed E-state index contributed by atoms with van der Waals surface area (Å²) in [6.45, 7) is 18.9. The number of hydrogen-bond acceptors (Lipinski definition) is 2. The smallest absolute Gasteiger partial charge is 0.364 e. The van der Waals surface area contributed by atoms with Crippen molar-refractivity contribution in [2.75, 3.05) is 0 Å². The van der Waals surface area contributed by atoms with Crippen LogP contribution in [0.15, 0.2) is 161 Å². The van der Waals surface area contributed by atoms with Crippen molar-refractivity contribution in [3.63, 3.8) is 0 Å². The van der Waals surface area contributed by atoms with Crippen LogP contribution in [-0.4, -0.2) is 12.6 Å². The molecule has 2 aliphatic rings. The van der Waals surface area contributed by atoms with Crippen LogP contribution in [0.3, 0.4) is 0 Å². The van der Waals surface area contributed by atoms with Gasteiger partial charge in [0.25, 0.3) is 0 Å². The highest BCUT2D eigenvalue weighted by Crippen LogP contribution is 2.55. The lowest BCUT2D eigenvalue weighted by Gasteiger charge is -2.25. The number of aromatic nitrogens is 3. The summed E-state index contributed by atoms with van der Waals surface area (Å²) in [5.41, 5.74) is 18.0. The second-order valence-electron chi connectivity index (χ2n) is 20.3.